The SMILES string of the molecule is O=Cc1cccc2ccc(O[C@H]3CC[C@@H](C(F)(F)F)CC3)cc12. The van der Waals surface area contributed by atoms with Gasteiger partial charge in [-0.15, -0.1) is 0 Å². The van der Waals surface area contributed by atoms with Crippen LogP contribution in [0.2, 0.25) is 0 Å². The molecule has 0 aromatic heterocycles. The largest absolute Gasteiger partial charge is 0.490 e. The predicted octanol–water partition coefficient (Wildman–Crippen LogP) is 5.15. The molecular formula is C18H17F3O2. The maximum absolute atomic E-state index is 12.7. The number of hydrogen-bond acceptors (Lipinski definition) is 2. The summed E-state index contributed by atoms with van der Waals surface area (Å²) in [6, 6.07) is 10.9. The van der Waals surface area contributed by atoms with Gasteiger partial charge in [0.05, 0.1) is 12.0 Å². The van der Waals surface area contributed by atoms with Gasteiger partial charge in [0.2, 0.25) is 0 Å². The van der Waals surface area contributed by atoms with Gasteiger partial charge in [-0.2, -0.15) is 13.2 Å². The van der Waals surface area contributed by atoms with Gasteiger partial charge in [0.25, 0.3) is 0 Å². The van der Waals surface area contributed by atoms with E-state index in [1.165, 1.54) is 0 Å². The average molecular weight is 322 g/mol. The normalized spacial score (nSPS) is 22.0. The molecule has 0 saturated heterocycles. The van der Waals surface area contributed by atoms with E-state index in [0.717, 1.165) is 17.1 Å². The number of carbonyl (C=O) groups is 1. The highest BCUT2D eigenvalue weighted by atomic mass is 19.4. The first-order chi connectivity index (χ1) is 11.0. The Morgan fingerprint density at radius 3 is 2.43 bits per heavy atom. The summed E-state index contributed by atoms with van der Waals surface area (Å²) >= 11 is 0. The van der Waals surface area contributed by atoms with Crippen LogP contribution in [0.5, 0.6) is 5.75 Å². The van der Waals surface area contributed by atoms with Crippen LogP contribution >= 0.6 is 0 Å². The van der Waals surface area contributed by atoms with E-state index < -0.39 is 12.1 Å². The van der Waals surface area contributed by atoms with Gasteiger partial charge in [-0.3, -0.25) is 4.79 Å². The molecular weight excluding hydrogens is 305 g/mol. The second-order valence-electron chi connectivity index (χ2n) is 5.98. The fourth-order valence-corrected chi connectivity index (χ4v) is 3.15. The molecule has 3 rings (SSSR count). The number of ether oxygens (including phenoxy) is 1. The quantitative estimate of drug-likeness (QED) is 0.730. The molecule has 2 aromatic rings. The third kappa shape index (κ3) is 3.49. The Morgan fingerprint density at radius 1 is 1.04 bits per heavy atom. The van der Waals surface area contributed by atoms with E-state index in [1.807, 2.05) is 18.2 Å². The Morgan fingerprint density at radius 2 is 1.78 bits per heavy atom. The topological polar surface area (TPSA) is 26.3 Å². The Balaban J connectivity index is 1.72. The van der Waals surface area contributed by atoms with Crippen molar-refractivity contribution < 1.29 is 22.7 Å². The average Bonchev–Trinajstić information content (AvgIpc) is 2.54. The summed E-state index contributed by atoms with van der Waals surface area (Å²) < 4.78 is 43.9. The van der Waals surface area contributed by atoms with E-state index in [0.29, 0.717) is 24.2 Å². The summed E-state index contributed by atoms with van der Waals surface area (Å²) in [5.41, 5.74) is 0.578. The van der Waals surface area contributed by atoms with Crippen LogP contribution in [0.4, 0.5) is 13.2 Å². The van der Waals surface area contributed by atoms with Crippen molar-refractivity contribution in [1.82, 2.24) is 0 Å². The summed E-state index contributed by atoms with van der Waals surface area (Å²) in [6.07, 6.45) is -2.49. The molecule has 0 heterocycles. The van der Waals surface area contributed by atoms with Crippen molar-refractivity contribution >= 4 is 17.1 Å². The van der Waals surface area contributed by atoms with Crippen LogP contribution in [0.25, 0.3) is 10.8 Å². The van der Waals surface area contributed by atoms with Crippen molar-refractivity contribution in [3.05, 3.63) is 42.0 Å². The van der Waals surface area contributed by atoms with E-state index >= 15 is 0 Å². The van der Waals surface area contributed by atoms with Gasteiger partial charge in [0.1, 0.15) is 5.75 Å². The zero-order valence-electron chi connectivity index (χ0n) is 12.5. The Hall–Kier alpha value is -2.04. The monoisotopic (exact) mass is 322 g/mol. The smallest absolute Gasteiger partial charge is 0.391 e. The van der Waals surface area contributed by atoms with Gasteiger partial charge in [0.15, 0.2) is 6.29 Å². The van der Waals surface area contributed by atoms with Crippen molar-refractivity contribution in [1.29, 1.82) is 0 Å². The number of hydrogen-bond donors (Lipinski definition) is 0. The van der Waals surface area contributed by atoms with E-state index in [2.05, 4.69) is 0 Å². The lowest BCUT2D eigenvalue weighted by atomic mass is 9.87. The Labute approximate surface area is 132 Å². The number of benzene rings is 2. The molecule has 1 fully saturated rings. The fraction of sp³-hybridized carbons (Fsp3) is 0.389. The molecule has 0 atom stereocenters. The van der Waals surface area contributed by atoms with Crippen LogP contribution in [-0.4, -0.2) is 18.6 Å². The molecule has 23 heavy (non-hydrogen) atoms. The van der Waals surface area contributed by atoms with Gasteiger partial charge in [-0.25, -0.2) is 0 Å². The molecule has 122 valence electrons. The van der Waals surface area contributed by atoms with Crippen LogP contribution in [0, 0.1) is 5.92 Å². The second kappa shape index (κ2) is 6.22. The molecule has 2 aromatic carbocycles. The molecule has 1 aliphatic carbocycles. The van der Waals surface area contributed by atoms with Gasteiger partial charge in [-0.05, 0) is 48.6 Å². The molecule has 0 radical (unpaired) electrons. The Bertz CT molecular complexity index is 701. The van der Waals surface area contributed by atoms with Crippen molar-refractivity contribution in [3.63, 3.8) is 0 Å². The first-order valence-electron chi connectivity index (χ1n) is 7.68. The summed E-state index contributed by atoms with van der Waals surface area (Å²) in [7, 11) is 0. The first-order valence-corrected chi connectivity index (χ1v) is 7.68. The standard InChI is InChI=1S/C18H17F3O2/c19-18(20,21)14-5-8-15(9-6-14)23-16-7-4-12-2-1-3-13(11-22)17(12)10-16/h1-4,7,10-11,14-15H,5-6,8-9H2/t14-,15+. The predicted molar refractivity (Wildman–Crippen MR) is 81.8 cm³/mol. The third-order valence-electron chi connectivity index (χ3n) is 4.45. The molecule has 0 amide bonds. The summed E-state index contributed by atoms with van der Waals surface area (Å²) in [4.78, 5) is 11.1. The van der Waals surface area contributed by atoms with Gasteiger partial charge in [-0.1, -0.05) is 24.3 Å². The van der Waals surface area contributed by atoms with Crippen molar-refractivity contribution in [2.45, 2.75) is 38.0 Å². The molecule has 0 bridgehead atoms. The zero-order valence-corrected chi connectivity index (χ0v) is 12.5. The number of carbonyl (C=O) groups excluding carboxylic acids is 1. The van der Waals surface area contributed by atoms with Crippen LogP contribution < -0.4 is 4.74 Å². The molecule has 0 N–H and O–H groups in total. The second-order valence-corrected chi connectivity index (χ2v) is 5.98. The summed E-state index contributed by atoms with van der Waals surface area (Å²) in [6.45, 7) is 0. The first kappa shape index (κ1) is 15.8. The van der Waals surface area contributed by atoms with E-state index in [-0.39, 0.29) is 18.9 Å². The molecule has 2 nitrogen and oxygen atoms in total. The van der Waals surface area contributed by atoms with Crippen LogP contribution in [0.1, 0.15) is 36.0 Å². The maximum atomic E-state index is 12.7. The Kier molecular flexibility index (Phi) is 4.28. The van der Waals surface area contributed by atoms with Crippen LogP contribution in [0.15, 0.2) is 36.4 Å². The zero-order chi connectivity index (χ0) is 16.4. The highest BCUT2D eigenvalue weighted by Gasteiger charge is 2.41. The van der Waals surface area contributed by atoms with Crippen molar-refractivity contribution in [2.24, 2.45) is 5.92 Å². The lowest BCUT2D eigenvalue weighted by Crippen LogP contribution is -2.31. The minimum atomic E-state index is -4.10. The molecule has 1 aliphatic rings. The van der Waals surface area contributed by atoms with Gasteiger partial charge < -0.3 is 4.74 Å². The maximum Gasteiger partial charge on any atom is 0.391 e. The van der Waals surface area contributed by atoms with Gasteiger partial charge in [0, 0.05) is 5.56 Å². The van der Waals surface area contributed by atoms with Crippen molar-refractivity contribution in [2.75, 3.05) is 0 Å². The minimum Gasteiger partial charge on any atom is -0.490 e. The lowest BCUT2D eigenvalue weighted by molar-refractivity contribution is -0.185. The number of aldehydes is 1. The van der Waals surface area contributed by atoms with E-state index in [1.54, 1.807) is 18.2 Å². The fourth-order valence-electron chi connectivity index (χ4n) is 3.15. The number of rotatable bonds is 3. The molecule has 0 spiro atoms. The third-order valence-corrected chi connectivity index (χ3v) is 4.45. The highest BCUT2D eigenvalue weighted by molar-refractivity contribution is 5.98. The lowest BCUT2D eigenvalue weighted by Gasteiger charge is -2.30. The number of alkyl halides is 3. The number of fused-ring (bicyclic) bond motifs is 1. The molecule has 0 aliphatic heterocycles. The van der Waals surface area contributed by atoms with Gasteiger partial charge >= 0.3 is 6.18 Å². The number of halogens is 3. The molecule has 0 unspecified atom stereocenters. The molecule has 1 saturated carbocycles. The molecule has 5 heteroatoms. The van der Waals surface area contributed by atoms with Crippen LogP contribution in [0.3, 0.4) is 0 Å². The summed E-state index contributed by atoms with van der Waals surface area (Å²) in [5.74, 6) is -0.608. The van der Waals surface area contributed by atoms with E-state index in [4.69, 9.17) is 4.74 Å². The van der Waals surface area contributed by atoms with Crippen molar-refractivity contribution in [3.8, 4) is 5.75 Å². The highest BCUT2D eigenvalue weighted by Crippen LogP contribution is 2.38. The van der Waals surface area contributed by atoms with E-state index in [9.17, 15) is 18.0 Å². The van der Waals surface area contributed by atoms with Crippen LogP contribution in [-0.2, 0) is 0 Å². The summed E-state index contributed by atoms with van der Waals surface area (Å²) in [5, 5.41) is 1.73. The minimum absolute atomic E-state index is 0.112.